The summed E-state index contributed by atoms with van der Waals surface area (Å²) in [5, 5.41) is 5.26. The molecule has 0 aliphatic carbocycles. The van der Waals surface area contributed by atoms with Gasteiger partial charge in [0, 0.05) is 36.3 Å². The Balaban J connectivity index is 0.00000225. The van der Waals surface area contributed by atoms with Crippen molar-refractivity contribution in [3.63, 3.8) is 0 Å². The second-order valence-electron chi connectivity index (χ2n) is 5.54. The second kappa shape index (κ2) is 10.6. The molecule has 0 atom stereocenters. The van der Waals surface area contributed by atoms with Crippen molar-refractivity contribution in [3.05, 3.63) is 46.3 Å². The molecule has 1 aliphatic heterocycles. The monoisotopic (exact) mass is 473 g/mol. The molecule has 8 heteroatoms. The van der Waals surface area contributed by atoms with Gasteiger partial charge in [0.05, 0.1) is 19.8 Å². The van der Waals surface area contributed by atoms with E-state index in [1.807, 2.05) is 12.3 Å². The minimum atomic E-state index is 0. The maximum atomic E-state index is 5.98. The zero-order valence-corrected chi connectivity index (χ0v) is 17.2. The van der Waals surface area contributed by atoms with Gasteiger partial charge in [-0.1, -0.05) is 12.1 Å². The number of nitrogens with two attached hydrogens (primary N) is 1. The lowest BCUT2D eigenvalue weighted by Gasteiger charge is -2.29. The molecule has 1 aliphatic rings. The molecule has 0 aromatic carbocycles. The van der Waals surface area contributed by atoms with E-state index in [4.69, 9.17) is 10.5 Å². The second-order valence-corrected chi connectivity index (χ2v) is 6.58. The van der Waals surface area contributed by atoms with E-state index in [0.717, 1.165) is 50.7 Å². The van der Waals surface area contributed by atoms with Gasteiger partial charge in [0.25, 0.3) is 0 Å². The minimum Gasteiger partial charge on any atom is -0.378 e. The molecule has 0 spiro atoms. The number of hydrogen-bond donors (Lipinski definition) is 2. The molecule has 1 fully saturated rings. The number of aromatic nitrogens is 1. The fourth-order valence-electron chi connectivity index (χ4n) is 2.61. The zero-order valence-electron chi connectivity index (χ0n) is 14.1. The maximum absolute atomic E-state index is 5.98. The molecular formula is C17H24IN5OS. The van der Waals surface area contributed by atoms with Crippen LogP contribution in [0.15, 0.2) is 40.8 Å². The first kappa shape index (κ1) is 19.9. The van der Waals surface area contributed by atoms with Crippen molar-refractivity contribution in [2.24, 2.45) is 10.7 Å². The highest BCUT2D eigenvalue weighted by Crippen LogP contribution is 2.19. The predicted octanol–water partition coefficient (Wildman–Crippen LogP) is 2.24. The van der Waals surface area contributed by atoms with Gasteiger partial charge >= 0.3 is 0 Å². The summed E-state index contributed by atoms with van der Waals surface area (Å²) in [6.07, 6.45) is 2.78. The Kier molecular flexibility index (Phi) is 8.42. The third-order valence-electron chi connectivity index (χ3n) is 3.86. The lowest BCUT2D eigenvalue weighted by atomic mass is 10.2. The number of ether oxygens (including phenoxy) is 1. The van der Waals surface area contributed by atoms with Crippen LogP contribution in [0, 0.1) is 0 Å². The van der Waals surface area contributed by atoms with Crippen molar-refractivity contribution in [2.45, 2.75) is 13.0 Å². The fraction of sp³-hybridized carbons (Fsp3) is 0.412. The molecule has 25 heavy (non-hydrogen) atoms. The van der Waals surface area contributed by atoms with Gasteiger partial charge in [0.1, 0.15) is 5.82 Å². The molecule has 3 heterocycles. The van der Waals surface area contributed by atoms with Gasteiger partial charge in [-0.3, -0.25) is 0 Å². The number of nitrogens with one attached hydrogen (secondary N) is 1. The van der Waals surface area contributed by atoms with Crippen molar-refractivity contribution in [1.82, 2.24) is 10.3 Å². The molecule has 3 N–H and O–H groups in total. The molecule has 6 nitrogen and oxygen atoms in total. The zero-order chi connectivity index (χ0) is 16.6. The summed E-state index contributed by atoms with van der Waals surface area (Å²) in [6.45, 7) is 4.53. The van der Waals surface area contributed by atoms with Gasteiger partial charge in [0.2, 0.25) is 0 Å². The number of nitrogens with zero attached hydrogens (tertiary/aromatic N) is 3. The first-order valence-corrected chi connectivity index (χ1v) is 9.03. The van der Waals surface area contributed by atoms with E-state index < -0.39 is 0 Å². The molecule has 0 bridgehead atoms. The highest BCUT2D eigenvalue weighted by Gasteiger charge is 2.15. The Morgan fingerprint density at radius 3 is 2.92 bits per heavy atom. The van der Waals surface area contributed by atoms with Gasteiger partial charge in [-0.25, -0.2) is 9.98 Å². The number of pyridine rings is 1. The number of hydrogen-bond acceptors (Lipinski definition) is 5. The first-order valence-electron chi connectivity index (χ1n) is 8.15. The number of halogens is 1. The third-order valence-corrected chi connectivity index (χ3v) is 4.79. The van der Waals surface area contributed by atoms with Crippen LogP contribution in [0.2, 0.25) is 0 Å². The Morgan fingerprint density at radius 1 is 1.32 bits per heavy atom. The van der Waals surface area contributed by atoms with E-state index in [1.165, 1.54) is 4.88 Å². The molecule has 0 radical (unpaired) electrons. The fourth-order valence-corrected chi connectivity index (χ4v) is 3.32. The summed E-state index contributed by atoms with van der Waals surface area (Å²) in [5.41, 5.74) is 7.06. The molecular weight excluding hydrogens is 449 g/mol. The van der Waals surface area contributed by atoms with Gasteiger partial charge in [-0.2, -0.15) is 0 Å². The number of aliphatic imine (C=N–C) groups is 1. The Morgan fingerprint density at radius 2 is 2.16 bits per heavy atom. The highest BCUT2D eigenvalue weighted by molar-refractivity contribution is 14.0. The topological polar surface area (TPSA) is 75.8 Å². The van der Waals surface area contributed by atoms with Crippen LogP contribution in [0.1, 0.15) is 10.4 Å². The average molecular weight is 473 g/mol. The molecule has 0 unspecified atom stereocenters. The summed E-state index contributed by atoms with van der Waals surface area (Å²) < 4.78 is 5.41. The van der Waals surface area contributed by atoms with Crippen molar-refractivity contribution in [2.75, 3.05) is 37.7 Å². The Labute approximate surface area is 169 Å². The summed E-state index contributed by atoms with van der Waals surface area (Å²) in [4.78, 5) is 12.6. The minimum absolute atomic E-state index is 0. The molecule has 0 saturated carbocycles. The van der Waals surface area contributed by atoms with Gasteiger partial charge in [-0.15, -0.1) is 35.3 Å². The molecule has 2 aromatic rings. The molecule has 3 rings (SSSR count). The number of guanidine groups is 1. The van der Waals surface area contributed by atoms with Gasteiger partial charge in [0.15, 0.2) is 5.96 Å². The molecule has 136 valence electrons. The van der Waals surface area contributed by atoms with E-state index in [0.29, 0.717) is 12.5 Å². The highest BCUT2D eigenvalue weighted by atomic mass is 127. The normalized spacial score (nSPS) is 14.9. The van der Waals surface area contributed by atoms with E-state index in [9.17, 15) is 0 Å². The van der Waals surface area contributed by atoms with Crippen molar-refractivity contribution in [3.8, 4) is 0 Å². The SMILES string of the molecule is I.NC(=NCc1cccnc1N1CCOCC1)NCCc1cccs1. The van der Waals surface area contributed by atoms with Crippen molar-refractivity contribution >= 4 is 47.1 Å². The van der Waals surface area contributed by atoms with Crippen LogP contribution < -0.4 is 16.0 Å². The Bertz CT molecular complexity index is 659. The smallest absolute Gasteiger partial charge is 0.188 e. The van der Waals surface area contributed by atoms with E-state index >= 15 is 0 Å². The van der Waals surface area contributed by atoms with Crippen LogP contribution in [0.4, 0.5) is 5.82 Å². The number of anilines is 1. The van der Waals surface area contributed by atoms with Crippen molar-refractivity contribution < 1.29 is 4.74 Å². The summed E-state index contributed by atoms with van der Waals surface area (Å²) >= 11 is 1.76. The lowest BCUT2D eigenvalue weighted by molar-refractivity contribution is 0.122. The van der Waals surface area contributed by atoms with Crippen LogP contribution in [-0.4, -0.2) is 43.8 Å². The van der Waals surface area contributed by atoms with Crippen LogP contribution in [0.5, 0.6) is 0 Å². The van der Waals surface area contributed by atoms with Gasteiger partial charge in [-0.05, 0) is 23.9 Å². The molecule has 2 aromatic heterocycles. The quantitative estimate of drug-likeness (QED) is 0.383. The van der Waals surface area contributed by atoms with E-state index in [2.05, 4.69) is 43.8 Å². The summed E-state index contributed by atoms with van der Waals surface area (Å²) in [6, 6.07) is 8.19. The standard InChI is InChI=1S/C17H23N5OS.HI/c18-17(20-7-5-15-4-2-12-24-15)21-13-14-3-1-6-19-16(14)22-8-10-23-11-9-22;/h1-4,6,12H,5,7-11,13H2,(H3,18,20,21);1H. The van der Waals surface area contributed by atoms with E-state index in [1.54, 1.807) is 11.3 Å². The maximum Gasteiger partial charge on any atom is 0.188 e. The first-order chi connectivity index (χ1) is 11.8. The molecule has 0 amide bonds. The van der Waals surface area contributed by atoms with Crippen LogP contribution in [-0.2, 0) is 17.7 Å². The Hall–Kier alpha value is -1.39. The van der Waals surface area contributed by atoms with E-state index in [-0.39, 0.29) is 24.0 Å². The van der Waals surface area contributed by atoms with Crippen LogP contribution >= 0.6 is 35.3 Å². The summed E-state index contributed by atoms with van der Waals surface area (Å²) in [7, 11) is 0. The summed E-state index contributed by atoms with van der Waals surface area (Å²) in [5.74, 6) is 1.46. The number of morpholine rings is 1. The van der Waals surface area contributed by atoms with Crippen molar-refractivity contribution in [1.29, 1.82) is 0 Å². The van der Waals surface area contributed by atoms with Crippen LogP contribution in [0.25, 0.3) is 0 Å². The lowest BCUT2D eigenvalue weighted by Crippen LogP contribution is -2.37. The van der Waals surface area contributed by atoms with Gasteiger partial charge < -0.3 is 20.7 Å². The molecule has 1 saturated heterocycles. The number of thiophene rings is 1. The number of rotatable bonds is 6. The van der Waals surface area contributed by atoms with Crippen LogP contribution in [0.3, 0.4) is 0 Å². The largest absolute Gasteiger partial charge is 0.378 e. The predicted molar refractivity (Wildman–Crippen MR) is 114 cm³/mol. The third kappa shape index (κ3) is 6.12. The average Bonchev–Trinajstić information content (AvgIpc) is 3.14.